The molecule has 3 heterocycles. The van der Waals surface area contributed by atoms with Gasteiger partial charge in [-0.15, -0.1) is 0 Å². The van der Waals surface area contributed by atoms with Crippen molar-refractivity contribution < 1.29 is 0 Å². The summed E-state index contributed by atoms with van der Waals surface area (Å²) in [6.45, 7) is 0. The quantitative estimate of drug-likeness (QED) is 0.456. The minimum Gasteiger partial charge on any atom is -0.360 e. The minimum atomic E-state index is -0.153. The van der Waals surface area contributed by atoms with Crippen molar-refractivity contribution in [2.24, 2.45) is 0 Å². The van der Waals surface area contributed by atoms with Crippen LogP contribution in [0.3, 0.4) is 0 Å². The van der Waals surface area contributed by atoms with E-state index in [0.29, 0.717) is 0 Å². The molecule has 5 rings (SSSR count). The van der Waals surface area contributed by atoms with Gasteiger partial charge in [-0.1, -0.05) is 36.4 Å². The maximum Gasteiger partial charge on any atom is 0.330 e. The zero-order chi connectivity index (χ0) is 16.1. The molecule has 0 aliphatic heterocycles. The summed E-state index contributed by atoms with van der Waals surface area (Å²) in [6.07, 6.45) is 5.58. The second-order valence-corrected chi connectivity index (χ2v) is 5.78. The van der Waals surface area contributed by atoms with Crippen molar-refractivity contribution in [1.29, 1.82) is 0 Å². The van der Waals surface area contributed by atoms with Gasteiger partial charge < -0.3 is 15.0 Å². The number of para-hydroxylation sites is 2. The molecular formula is C19H14N4O. The third-order valence-electron chi connectivity index (χ3n) is 4.45. The Morgan fingerprint density at radius 1 is 0.708 bits per heavy atom. The van der Waals surface area contributed by atoms with Crippen molar-refractivity contribution in [2.75, 3.05) is 0 Å². The third kappa shape index (κ3) is 1.72. The van der Waals surface area contributed by atoms with Gasteiger partial charge in [0.25, 0.3) is 0 Å². The Labute approximate surface area is 136 Å². The largest absolute Gasteiger partial charge is 0.360 e. The van der Waals surface area contributed by atoms with Crippen molar-refractivity contribution in [3.8, 4) is 16.9 Å². The predicted octanol–water partition coefficient (Wildman–Crippen LogP) is 3.80. The highest BCUT2D eigenvalue weighted by Crippen LogP contribution is 2.30. The number of imidazole rings is 1. The summed E-state index contributed by atoms with van der Waals surface area (Å²) < 4.78 is 1.72. The van der Waals surface area contributed by atoms with Gasteiger partial charge >= 0.3 is 5.69 Å². The monoisotopic (exact) mass is 314 g/mol. The first-order valence-electron chi connectivity index (χ1n) is 7.76. The molecule has 3 N–H and O–H groups in total. The Hall–Kier alpha value is -3.47. The number of fused-ring (bicyclic) bond motifs is 2. The summed E-state index contributed by atoms with van der Waals surface area (Å²) in [7, 11) is 0. The summed E-state index contributed by atoms with van der Waals surface area (Å²) in [5.41, 5.74) is 4.57. The van der Waals surface area contributed by atoms with Gasteiger partial charge in [0.15, 0.2) is 0 Å². The number of nitrogens with zero attached hydrogens (tertiary/aromatic N) is 1. The second kappa shape index (κ2) is 4.76. The molecule has 0 aliphatic rings. The molecule has 0 radical (unpaired) electrons. The number of benzene rings is 2. The van der Waals surface area contributed by atoms with Crippen LogP contribution in [-0.4, -0.2) is 19.5 Å². The number of aromatic nitrogens is 4. The van der Waals surface area contributed by atoms with Gasteiger partial charge in [0, 0.05) is 46.0 Å². The molecule has 0 saturated carbocycles. The fraction of sp³-hybridized carbons (Fsp3) is 0. The van der Waals surface area contributed by atoms with Gasteiger partial charge in [-0.2, -0.15) is 0 Å². The van der Waals surface area contributed by atoms with Crippen LogP contribution in [0.5, 0.6) is 0 Å². The number of rotatable bonds is 2. The van der Waals surface area contributed by atoms with Gasteiger partial charge in [-0.05, 0) is 12.1 Å². The molecule has 5 aromatic rings. The van der Waals surface area contributed by atoms with Gasteiger partial charge in [0.05, 0.1) is 11.4 Å². The van der Waals surface area contributed by atoms with E-state index in [-0.39, 0.29) is 5.69 Å². The van der Waals surface area contributed by atoms with E-state index in [0.717, 1.165) is 38.8 Å². The number of hydrogen-bond acceptors (Lipinski definition) is 1. The molecule has 0 fully saturated rings. The highest BCUT2D eigenvalue weighted by atomic mass is 16.1. The van der Waals surface area contributed by atoms with Gasteiger partial charge in [-0.3, -0.25) is 4.57 Å². The molecule has 3 aromatic heterocycles. The van der Waals surface area contributed by atoms with Gasteiger partial charge in [0.2, 0.25) is 0 Å². The molecule has 0 bridgehead atoms. The zero-order valence-electron chi connectivity index (χ0n) is 12.7. The molecule has 0 amide bonds. The van der Waals surface area contributed by atoms with E-state index in [4.69, 9.17) is 0 Å². The molecule has 0 saturated heterocycles. The van der Waals surface area contributed by atoms with Gasteiger partial charge in [0.1, 0.15) is 0 Å². The van der Waals surface area contributed by atoms with Crippen molar-refractivity contribution in [3.63, 3.8) is 0 Å². The Morgan fingerprint density at radius 2 is 1.38 bits per heavy atom. The molecule has 0 unspecified atom stereocenters. The number of H-pyrrole nitrogens is 3. The molecule has 0 atom stereocenters. The first kappa shape index (κ1) is 13.0. The first-order valence-corrected chi connectivity index (χ1v) is 7.76. The van der Waals surface area contributed by atoms with E-state index in [1.165, 1.54) is 0 Å². The molecular weight excluding hydrogens is 300 g/mol. The average Bonchev–Trinajstić information content (AvgIpc) is 3.31. The average molecular weight is 314 g/mol. The molecule has 24 heavy (non-hydrogen) atoms. The first-order chi connectivity index (χ1) is 11.8. The van der Waals surface area contributed by atoms with E-state index in [2.05, 4.69) is 21.0 Å². The smallest absolute Gasteiger partial charge is 0.330 e. The van der Waals surface area contributed by atoms with Crippen LogP contribution in [0.1, 0.15) is 0 Å². The normalized spacial score (nSPS) is 11.5. The maximum atomic E-state index is 12.5. The van der Waals surface area contributed by atoms with E-state index >= 15 is 0 Å². The fourth-order valence-electron chi connectivity index (χ4n) is 3.33. The molecule has 5 nitrogen and oxygen atoms in total. The maximum absolute atomic E-state index is 12.5. The van der Waals surface area contributed by atoms with E-state index < -0.39 is 0 Å². The molecule has 0 aliphatic carbocycles. The lowest BCUT2D eigenvalue weighted by atomic mass is 10.1. The molecule has 5 heteroatoms. The zero-order valence-corrected chi connectivity index (χ0v) is 12.7. The van der Waals surface area contributed by atoms with Crippen LogP contribution in [0, 0.1) is 0 Å². The van der Waals surface area contributed by atoms with Crippen LogP contribution in [0.2, 0.25) is 0 Å². The molecule has 0 spiro atoms. The van der Waals surface area contributed by atoms with Crippen molar-refractivity contribution >= 4 is 21.8 Å². The summed E-state index contributed by atoms with van der Waals surface area (Å²) in [4.78, 5) is 21.8. The summed E-state index contributed by atoms with van der Waals surface area (Å²) in [6, 6.07) is 16.0. The van der Waals surface area contributed by atoms with Crippen molar-refractivity contribution in [2.45, 2.75) is 0 Å². The second-order valence-electron chi connectivity index (χ2n) is 5.78. The van der Waals surface area contributed by atoms with Crippen LogP contribution in [0.15, 0.2) is 71.9 Å². The van der Waals surface area contributed by atoms with Gasteiger partial charge in [-0.25, -0.2) is 4.79 Å². The van der Waals surface area contributed by atoms with Crippen molar-refractivity contribution in [3.05, 3.63) is 77.6 Å². The molecule has 2 aromatic carbocycles. The Bertz CT molecular complexity index is 1230. The number of hydrogen-bond donors (Lipinski definition) is 3. The van der Waals surface area contributed by atoms with Crippen molar-refractivity contribution in [1.82, 2.24) is 19.5 Å². The van der Waals surface area contributed by atoms with E-state index in [1.807, 2.05) is 54.9 Å². The Balaban J connectivity index is 1.83. The lowest BCUT2D eigenvalue weighted by Gasteiger charge is -2.05. The topological polar surface area (TPSA) is 69.4 Å². The lowest BCUT2D eigenvalue weighted by molar-refractivity contribution is 1.00. The highest BCUT2D eigenvalue weighted by Gasteiger charge is 2.16. The van der Waals surface area contributed by atoms with Crippen LogP contribution < -0.4 is 5.69 Å². The third-order valence-corrected chi connectivity index (χ3v) is 4.45. The predicted molar refractivity (Wildman–Crippen MR) is 95.5 cm³/mol. The van der Waals surface area contributed by atoms with E-state index in [9.17, 15) is 4.79 Å². The standard InChI is InChI=1S/C19H14N4O/c24-19-22-11-18(14-9-20-15-7-3-1-5-12(14)15)23(19)17-10-21-16-8-4-2-6-13(16)17/h1-11,20-21H,(H,22,24). The van der Waals surface area contributed by atoms with Crippen LogP contribution >= 0.6 is 0 Å². The van der Waals surface area contributed by atoms with Crippen LogP contribution in [0.4, 0.5) is 0 Å². The fourth-order valence-corrected chi connectivity index (χ4v) is 3.33. The van der Waals surface area contributed by atoms with E-state index in [1.54, 1.807) is 10.8 Å². The highest BCUT2D eigenvalue weighted by molar-refractivity contribution is 5.96. The van der Waals surface area contributed by atoms with Crippen LogP contribution in [0.25, 0.3) is 38.8 Å². The Kier molecular flexibility index (Phi) is 2.58. The number of aromatic amines is 3. The SMILES string of the molecule is O=c1[nH]cc(-c2c[nH]c3ccccc23)n1-c1c[nH]c2ccccc12. The number of nitrogens with one attached hydrogen (secondary N) is 3. The summed E-state index contributed by atoms with van der Waals surface area (Å²) in [5.74, 6) is 0. The summed E-state index contributed by atoms with van der Waals surface area (Å²) >= 11 is 0. The van der Waals surface area contributed by atoms with Crippen LogP contribution in [-0.2, 0) is 0 Å². The lowest BCUT2D eigenvalue weighted by Crippen LogP contribution is -2.15. The Morgan fingerprint density at radius 3 is 2.21 bits per heavy atom. The summed E-state index contributed by atoms with van der Waals surface area (Å²) in [5, 5.41) is 2.10. The molecule has 116 valence electrons. The minimum absolute atomic E-state index is 0.153.